The van der Waals surface area contributed by atoms with Crippen LogP contribution in [0.3, 0.4) is 0 Å². The minimum absolute atomic E-state index is 0.275. The summed E-state index contributed by atoms with van der Waals surface area (Å²) in [6.07, 6.45) is -4.42. The summed E-state index contributed by atoms with van der Waals surface area (Å²) in [5.74, 6) is -0.455. The number of halogens is 4. The van der Waals surface area contributed by atoms with Gasteiger partial charge in [0.15, 0.2) is 0 Å². The fourth-order valence-electron chi connectivity index (χ4n) is 1.83. The molecule has 0 saturated heterocycles. The van der Waals surface area contributed by atoms with Crippen LogP contribution in [-0.2, 0) is 6.18 Å². The molecule has 0 aliphatic rings. The van der Waals surface area contributed by atoms with Gasteiger partial charge in [-0.3, -0.25) is 4.79 Å². The first-order chi connectivity index (χ1) is 10.8. The van der Waals surface area contributed by atoms with Crippen molar-refractivity contribution in [3.63, 3.8) is 0 Å². The third kappa shape index (κ3) is 4.41. The quantitative estimate of drug-likeness (QED) is 0.608. The van der Waals surface area contributed by atoms with Gasteiger partial charge in [-0.15, -0.1) is 0 Å². The first kappa shape index (κ1) is 17.2. The second kappa shape index (κ2) is 6.95. The number of nitrogens with zero attached hydrogens (tertiary/aromatic N) is 1. The van der Waals surface area contributed by atoms with E-state index in [1.807, 2.05) is 0 Å². The molecule has 0 atom stereocenters. The molecule has 1 N–H and O–H groups in total. The predicted molar refractivity (Wildman–Crippen MR) is 85.3 cm³/mol. The molecule has 0 aliphatic heterocycles. The van der Waals surface area contributed by atoms with Crippen molar-refractivity contribution in [2.45, 2.75) is 13.1 Å². The zero-order valence-electron chi connectivity index (χ0n) is 12.0. The van der Waals surface area contributed by atoms with Crippen LogP contribution in [0.2, 0.25) is 0 Å². The van der Waals surface area contributed by atoms with Crippen molar-refractivity contribution in [3.8, 4) is 0 Å². The summed E-state index contributed by atoms with van der Waals surface area (Å²) in [6.45, 7) is 1.52. The van der Waals surface area contributed by atoms with Gasteiger partial charge in [-0.05, 0) is 52.7 Å². The third-order valence-corrected chi connectivity index (χ3v) is 3.74. The van der Waals surface area contributed by atoms with E-state index in [0.29, 0.717) is 10.0 Å². The molecule has 2 rings (SSSR count). The lowest BCUT2D eigenvalue weighted by atomic mass is 10.1. The number of carbonyl (C=O) groups excluding carboxylic acids is 1. The van der Waals surface area contributed by atoms with Crippen LogP contribution in [0, 0.1) is 0 Å². The van der Waals surface area contributed by atoms with Gasteiger partial charge in [-0.2, -0.15) is 18.3 Å². The summed E-state index contributed by atoms with van der Waals surface area (Å²) >= 11 is 3.25. The van der Waals surface area contributed by atoms with Gasteiger partial charge in [0.25, 0.3) is 5.91 Å². The molecule has 0 saturated carbocycles. The molecule has 0 bridgehead atoms. The van der Waals surface area contributed by atoms with E-state index in [1.54, 1.807) is 24.3 Å². The molecule has 1 amide bonds. The van der Waals surface area contributed by atoms with Crippen LogP contribution in [0.25, 0.3) is 0 Å². The second-order valence-electron chi connectivity index (χ2n) is 4.70. The minimum atomic E-state index is -4.42. The molecule has 120 valence electrons. The Hall–Kier alpha value is -2.15. The molecule has 0 aliphatic carbocycles. The highest BCUT2D eigenvalue weighted by Crippen LogP contribution is 2.29. The van der Waals surface area contributed by atoms with Gasteiger partial charge < -0.3 is 0 Å². The van der Waals surface area contributed by atoms with Gasteiger partial charge in [-0.1, -0.05) is 24.3 Å². The molecule has 0 unspecified atom stereocenters. The Labute approximate surface area is 139 Å². The van der Waals surface area contributed by atoms with Crippen LogP contribution < -0.4 is 5.43 Å². The monoisotopic (exact) mass is 384 g/mol. The van der Waals surface area contributed by atoms with Gasteiger partial charge in [-0.25, -0.2) is 5.43 Å². The number of amides is 1. The Morgan fingerprint density at radius 1 is 1.13 bits per heavy atom. The maximum Gasteiger partial charge on any atom is 0.416 e. The Kier molecular flexibility index (Phi) is 5.20. The van der Waals surface area contributed by atoms with Crippen LogP contribution in [0.5, 0.6) is 0 Å². The van der Waals surface area contributed by atoms with Crippen LogP contribution in [0.15, 0.2) is 58.1 Å². The molecule has 2 aromatic rings. The first-order valence-electron chi connectivity index (χ1n) is 6.56. The van der Waals surface area contributed by atoms with E-state index >= 15 is 0 Å². The highest BCUT2D eigenvalue weighted by Gasteiger charge is 2.30. The number of carbonyl (C=O) groups is 1. The highest BCUT2D eigenvalue weighted by atomic mass is 79.9. The average molecular weight is 385 g/mol. The molecule has 2 aromatic carbocycles. The maximum absolute atomic E-state index is 12.7. The second-order valence-corrected chi connectivity index (χ2v) is 5.55. The number of hydrazone groups is 1. The fraction of sp³-hybridized carbons (Fsp3) is 0.125. The summed E-state index contributed by atoms with van der Waals surface area (Å²) in [4.78, 5) is 12.0. The summed E-state index contributed by atoms with van der Waals surface area (Å²) in [7, 11) is 0. The third-order valence-electron chi connectivity index (χ3n) is 3.05. The lowest BCUT2D eigenvalue weighted by Crippen LogP contribution is -2.20. The number of nitrogens with one attached hydrogen (secondary N) is 1. The molecule has 0 aromatic heterocycles. The molecule has 0 heterocycles. The van der Waals surface area contributed by atoms with Gasteiger partial charge >= 0.3 is 6.18 Å². The Morgan fingerprint density at radius 3 is 2.48 bits per heavy atom. The van der Waals surface area contributed by atoms with E-state index in [4.69, 9.17) is 0 Å². The number of rotatable bonds is 3. The Balaban J connectivity index is 2.18. The van der Waals surface area contributed by atoms with Crippen molar-refractivity contribution in [2.75, 3.05) is 0 Å². The lowest BCUT2D eigenvalue weighted by Gasteiger charge is -2.09. The van der Waals surface area contributed by atoms with Crippen LogP contribution >= 0.6 is 15.9 Å². The lowest BCUT2D eigenvalue weighted by molar-refractivity contribution is -0.137. The van der Waals surface area contributed by atoms with Gasteiger partial charge in [0.2, 0.25) is 0 Å². The highest BCUT2D eigenvalue weighted by molar-refractivity contribution is 9.10. The average Bonchev–Trinajstić information content (AvgIpc) is 2.52. The predicted octanol–water partition coefficient (Wildman–Crippen LogP) is 4.62. The number of hydrogen-bond acceptors (Lipinski definition) is 2. The smallest absolute Gasteiger partial charge is 0.267 e. The van der Waals surface area contributed by atoms with E-state index in [-0.39, 0.29) is 11.3 Å². The zero-order valence-corrected chi connectivity index (χ0v) is 13.6. The van der Waals surface area contributed by atoms with E-state index in [0.717, 1.165) is 12.1 Å². The molecule has 0 spiro atoms. The maximum atomic E-state index is 12.7. The molecule has 7 heteroatoms. The van der Waals surface area contributed by atoms with E-state index < -0.39 is 17.6 Å². The summed E-state index contributed by atoms with van der Waals surface area (Å²) in [5.41, 5.74) is 2.51. The van der Waals surface area contributed by atoms with Crippen molar-refractivity contribution in [2.24, 2.45) is 5.10 Å². The normalized spacial score (nSPS) is 12.1. The van der Waals surface area contributed by atoms with Gasteiger partial charge in [0.05, 0.1) is 16.8 Å². The van der Waals surface area contributed by atoms with Crippen LogP contribution in [-0.4, -0.2) is 11.6 Å². The van der Waals surface area contributed by atoms with Gasteiger partial charge in [0, 0.05) is 4.47 Å². The number of alkyl halides is 3. The molecule has 23 heavy (non-hydrogen) atoms. The number of benzene rings is 2. The largest absolute Gasteiger partial charge is 0.416 e. The number of hydrogen-bond donors (Lipinski definition) is 1. The SMILES string of the molecule is CC(=NNC(=O)c1ccccc1Br)c1cccc(C(F)(F)F)c1. The fourth-order valence-corrected chi connectivity index (χ4v) is 2.29. The molecule has 3 nitrogen and oxygen atoms in total. The van der Waals surface area contributed by atoms with Crippen molar-refractivity contribution in [1.29, 1.82) is 0 Å². The molecular formula is C16H12BrF3N2O. The standard InChI is InChI=1S/C16H12BrF3N2O/c1-10(11-5-4-6-12(9-11)16(18,19)20)21-22-15(23)13-7-2-3-8-14(13)17/h2-9H,1H3,(H,22,23). The summed E-state index contributed by atoms with van der Waals surface area (Å²) < 4.78 is 38.7. The van der Waals surface area contributed by atoms with E-state index in [9.17, 15) is 18.0 Å². The Bertz CT molecular complexity index is 757. The van der Waals surface area contributed by atoms with E-state index in [1.165, 1.54) is 19.1 Å². The topological polar surface area (TPSA) is 41.5 Å². The van der Waals surface area contributed by atoms with Crippen LogP contribution in [0.1, 0.15) is 28.4 Å². The van der Waals surface area contributed by atoms with Crippen molar-refractivity contribution in [3.05, 3.63) is 69.7 Å². The Morgan fingerprint density at radius 2 is 1.83 bits per heavy atom. The molecule has 0 fully saturated rings. The molecular weight excluding hydrogens is 373 g/mol. The van der Waals surface area contributed by atoms with Crippen molar-refractivity contribution < 1.29 is 18.0 Å². The summed E-state index contributed by atoms with van der Waals surface area (Å²) in [6, 6.07) is 11.5. The zero-order chi connectivity index (χ0) is 17.0. The van der Waals surface area contributed by atoms with E-state index in [2.05, 4.69) is 26.5 Å². The summed E-state index contributed by atoms with van der Waals surface area (Å²) in [5, 5.41) is 3.86. The first-order valence-corrected chi connectivity index (χ1v) is 7.35. The minimum Gasteiger partial charge on any atom is -0.267 e. The van der Waals surface area contributed by atoms with Crippen molar-refractivity contribution in [1.82, 2.24) is 5.43 Å². The van der Waals surface area contributed by atoms with Crippen LogP contribution in [0.4, 0.5) is 13.2 Å². The molecule has 0 radical (unpaired) electrons. The van der Waals surface area contributed by atoms with Gasteiger partial charge in [0.1, 0.15) is 0 Å². The van der Waals surface area contributed by atoms with Crippen molar-refractivity contribution >= 4 is 27.5 Å².